The largest absolute Gasteiger partial charge is 0.383 e. The number of nitrogen functional groups attached to an aromatic ring is 1. The van der Waals surface area contributed by atoms with Crippen LogP contribution in [0.5, 0.6) is 0 Å². The summed E-state index contributed by atoms with van der Waals surface area (Å²) in [6, 6.07) is 2.01. The topological polar surface area (TPSA) is 67.6 Å². The molecule has 0 amide bonds. The van der Waals surface area contributed by atoms with Crippen LogP contribution in [0.1, 0.15) is 12.0 Å². The molecule has 0 saturated carbocycles. The van der Waals surface area contributed by atoms with E-state index in [4.69, 9.17) is 11.0 Å². The van der Waals surface area contributed by atoms with E-state index in [0.717, 1.165) is 5.56 Å². The molecule has 1 rings (SSSR count). The normalized spacial score (nSPS) is 10.3. The molecule has 62 valence electrons. The molecule has 1 heterocycles. The molecule has 0 unspecified atom stereocenters. The summed E-state index contributed by atoms with van der Waals surface area (Å²) in [4.78, 5) is 0. The molecular weight excluding hydrogens is 152 g/mol. The number of rotatable bonds is 2. The zero-order chi connectivity index (χ0) is 8.97. The molecule has 1 aromatic heterocycles. The Morgan fingerprint density at radius 1 is 1.83 bits per heavy atom. The number of aryl methyl sites for hydroxylation is 1. The molecule has 4 heteroatoms. The van der Waals surface area contributed by atoms with Crippen LogP contribution >= 0.6 is 0 Å². The van der Waals surface area contributed by atoms with E-state index in [0.29, 0.717) is 12.2 Å². The van der Waals surface area contributed by atoms with E-state index in [9.17, 15) is 0 Å². The Balaban J connectivity index is 2.77. The van der Waals surface area contributed by atoms with Crippen LogP contribution in [0.25, 0.3) is 6.08 Å². The lowest BCUT2D eigenvalue weighted by molar-refractivity contribution is 0.779. The molecule has 0 aliphatic rings. The van der Waals surface area contributed by atoms with Crippen molar-refractivity contribution in [2.75, 3.05) is 5.73 Å². The van der Waals surface area contributed by atoms with Gasteiger partial charge in [-0.1, -0.05) is 12.2 Å². The fraction of sp³-hybridized carbons (Fsp3) is 0.250. The standard InChI is InChI=1S/C8H10N4/c1-12-8(10)7(6-11-12)4-2-3-5-9/h2,4,6H,3,10H2,1H3. The van der Waals surface area contributed by atoms with Gasteiger partial charge in [0.1, 0.15) is 5.82 Å². The van der Waals surface area contributed by atoms with Gasteiger partial charge in [0, 0.05) is 12.6 Å². The first-order chi connectivity index (χ1) is 5.75. The molecule has 0 radical (unpaired) electrons. The summed E-state index contributed by atoms with van der Waals surface area (Å²) in [6.07, 6.45) is 5.62. The molecule has 12 heavy (non-hydrogen) atoms. The van der Waals surface area contributed by atoms with Crippen molar-refractivity contribution in [1.82, 2.24) is 9.78 Å². The highest BCUT2D eigenvalue weighted by molar-refractivity contribution is 5.60. The average molecular weight is 162 g/mol. The fourth-order valence-electron chi connectivity index (χ4n) is 0.831. The van der Waals surface area contributed by atoms with E-state index < -0.39 is 0 Å². The second kappa shape index (κ2) is 3.58. The maximum Gasteiger partial charge on any atom is 0.128 e. The minimum atomic E-state index is 0.397. The Labute approximate surface area is 70.9 Å². The highest BCUT2D eigenvalue weighted by Crippen LogP contribution is 2.10. The summed E-state index contributed by atoms with van der Waals surface area (Å²) in [5, 5.41) is 12.2. The summed E-state index contributed by atoms with van der Waals surface area (Å²) < 4.78 is 1.59. The number of anilines is 1. The van der Waals surface area contributed by atoms with E-state index in [1.165, 1.54) is 0 Å². The van der Waals surface area contributed by atoms with Crippen molar-refractivity contribution in [3.05, 3.63) is 17.8 Å². The first-order valence-corrected chi connectivity index (χ1v) is 3.56. The Kier molecular flexibility index (Phi) is 2.49. The smallest absolute Gasteiger partial charge is 0.128 e. The van der Waals surface area contributed by atoms with Crippen molar-refractivity contribution in [2.24, 2.45) is 7.05 Å². The molecule has 1 aromatic rings. The molecule has 0 aromatic carbocycles. The van der Waals surface area contributed by atoms with Crippen LogP contribution < -0.4 is 5.73 Å². The van der Waals surface area contributed by atoms with Crippen LogP contribution in [0, 0.1) is 11.3 Å². The Bertz CT molecular complexity index is 329. The molecule has 0 saturated heterocycles. The van der Waals surface area contributed by atoms with E-state index in [2.05, 4.69) is 5.10 Å². The molecule has 0 aliphatic heterocycles. The third kappa shape index (κ3) is 1.64. The Morgan fingerprint density at radius 2 is 2.58 bits per heavy atom. The van der Waals surface area contributed by atoms with Crippen molar-refractivity contribution in [3.63, 3.8) is 0 Å². The van der Waals surface area contributed by atoms with Gasteiger partial charge in [0.2, 0.25) is 0 Å². The first-order valence-electron chi connectivity index (χ1n) is 3.56. The molecule has 0 bridgehead atoms. The van der Waals surface area contributed by atoms with Crippen LogP contribution in [0.15, 0.2) is 12.3 Å². The molecule has 0 fully saturated rings. The van der Waals surface area contributed by atoms with Crippen molar-refractivity contribution in [3.8, 4) is 6.07 Å². The summed E-state index contributed by atoms with van der Waals surface area (Å²) in [5.41, 5.74) is 6.51. The zero-order valence-corrected chi connectivity index (χ0v) is 6.86. The lowest BCUT2D eigenvalue weighted by Gasteiger charge is -1.92. The fourth-order valence-corrected chi connectivity index (χ4v) is 0.831. The quantitative estimate of drug-likeness (QED) is 0.703. The number of hydrogen-bond donors (Lipinski definition) is 1. The molecule has 2 N–H and O–H groups in total. The monoisotopic (exact) mass is 162 g/mol. The van der Waals surface area contributed by atoms with Gasteiger partial charge in [-0.3, -0.25) is 4.68 Å². The predicted octanol–water partition coefficient (Wildman–Crippen LogP) is 0.929. The van der Waals surface area contributed by atoms with E-state index in [-0.39, 0.29) is 0 Å². The van der Waals surface area contributed by atoms with Gasteiger partial charge in [-0.15, -0.1) is 0 Å². The van der Waals surface area contributed by atoms with Gasteiger partial charge >= 0.3 is 0 Å². The predicted molar refractivity (Wildman–Crippen MR) is 46.9 cm³/mol. The van der Waals surface area contributed by atoms with Crippen molar-refractivity contribution in [1.29, 1.82) is 5.26 Å². The number of nitriles is 1. The van der Waals surface area contributed by atoms with Gasteiger partial charge in [-0.05, 0) is 0 Å². The zero-order valence-electron chi connectivity index (χ0n) is 6.86. The van der Waals surface area contributed by atoms with Crippen LogP contribution in [-0.2, 0) is 7.05 Å². The number of nitrogens with zero attached hydrogens (tertiary/aromatic N) is 3. The first kappa shape index (κ1) is 8.34. The lowest BCUT2D eigenvalue weighted by atomic mass is 10.3. The highest BCUT2D eigenvalue weighted by Gasteiger charge is 1.98. The van der Waals surface area contributed by atoms with Gasteiger partial charge in [0.15, 0.2) is 0 Å². The maximum absolute atomic E-state index is 8.27. The van der Waals surface area contributed by atoms with Gasteiger partial charge in [0.05, 0.1) is 18.7 Å². The van der Waals surface area contributed by atoms with Crippen LogP contribution in [0.2, 0.25) is 0 Å². The summed E-state index contributed by atoms with van der Waals surface area (Å²) in [6.45, 7) is 0. The highest BCUT2D eigenvalue weighted by atomic mass is 15.3. The minimum absolute atomic E-state index is 0.397. The molecule has 0 aliphatic carbocycles. The maximum atomic E-state index is 8.27. The van der Waals surface area contributed by atoms with Gasteiger partial charge in [0.25, 0.3) is 0 Å². The van der Waals surface area contributed by atoms with E-state index in [1.807, 2.05) is 6.07 Å². The summed E-state index contributed by atoms with van der Waals surface area (Å²) >= 11 is 0. The van der Waals surface area contributed by atoms with E-state index in [1.54, 1.807) is 30.1 Å². The lowest BCUT2D eigenvalue weighted by Crippen LogP contribution is -1.97. The van der Waals surface area contributed by atoms with Gasteiger partial charge in [-0.25, -0.2) is 0 Å². The summed E-state index contributed by atoms with van der Waals surface area (Å²) in [5.74, 6) is 0.615. The number of allylic oxidation sites excluding steroid dienone is 1. The Hall–Kier alpha value is -1.76. The minimum Gasteiger partial charge on any atom is -0.383 e. The molecule has 4 nitrogen and oxygen atoms in total. The van der Waals surface area contributed by atoms with Crippen LogP contribution in [-0.4, -0.2) is 9.78 Å². The van der Waals surface area contributed by atoms with Crippen molar-refractivity contribution in [2.45, 2.75) is 6.42 Å². The second-order valence-corrected chi connectivity index (χ2v) is 2.37. The van der Waals surface area contributed by atoms with Gasteiger partial charge in [-0.2, -0.15) is 10.4 Å². The Morgan fingerprint density at radius 3 is 3.08 bits per heavy atom. The number of nitrogens with two attached hydrogens (primary N) is 1. The summed E-state index contributed by atoms with van der Waals surface area (Å²) in [7, 11) is 1.77. The SMILES string of the molecule is Cn1ncc(C=CCC#N)c1N. The van der Waals surface area contributed by atoms with Gasteiger partial charge < -0.3 is 5.73 Å². The molecule has 0 spiro atoms. The van der Waals surface area contributed by atoms with Crippen LogP contribution in [0.3, 0.4) is 0 Å². The molecule has 0 atom stereocenters. The third-order valence-electron chi connectivity index (χ3n) is 1.52. The van der Waals surface area contributed by atoms with E-state index >= 15 is 0 Å². The van der Waals surface area contributed by atoms with Crippen LogP contribution in [0.4, 0.5) is 5.82 Å². The number of hydrogen-bond acceptors (Lipinski definition) is 3. The average Bonchev–Trinajstić information content (AvgIpc) is 2.36. The molecular formula is C8H10N4. The number of aromatic nitrogens is 2. The second-order valence-electron chi connectivity index (χ2n) is 2.37. The van der Waals surface area contributed by atoms with Crippen molar-refractivity contribution < 1.29 is 0 Å². The van der Waals surface area contributed by atoms with Crippen molar-refractivity contribution >= 4 is 11.9 Å². The third-order valence-corrected chi connectivity index (χ3v) is 1.52.